The zero-order chi connectivity index (χ0) is 14.9. The molecule has 1 aliphatic carbocycles. The normalized spacial score (nSPS) is 23.7. The van der Waals surface area contributed by atoms with E-state index in [2.05, 4.69) is 46.0 Å². The van der Waals surface area contributed by atoms with Gasteiger partial charge in [-0.2, -0.15) is 0 Å². The lowest BCUT2D eigenvalue weighted by atomic mass is 9.96. The van der Waals surface area contributed by atoms with Crippen molar-refractivity contribution < 1.29 is 4.79 Å². The van der Waals surface area contributed by atoms with Crippen molar-refractivity contribution in [1.29, 1.82) is 0 Å². The van der Waals surface area contributed by atoms with Crippen LogP contribution in [0.25, 0.3) is 0 Å². The molecule has 22 heavy (non-hydrogen) atoms. The number of amides is 1. The summed E-state index contributed by atoms with van der Waals surface area (Å²) < 4.78 is 0. The minimum atomic E-state index is 0.132. The highest BCUT2D eigenvalue weighted by atomic mass is 32.1. The summed E-state index contributed by atoms with van der Waals surface area (Å²) in [5, 5.41) is 4.28. The minimum Gasteiger partial charge on any atom is -0.330 e. The average molecular weight is 329 g/mol. The van der Waals surface area contributed by atoms with Gasteiger partial charge >= 0.3 is 0 Å². The van der Waals surface area contributed by atoms with Crippen molar-refractivity contribution in [3.8, 4) is 0 Å². The van der Waals surface area contributed by atoms with E-state index in [1.54, 1.807) is 11.3 Å². The first kappa shape index (κ1) is 14.2. The van der Waals surface area contributed by atoms with Crippen molar-refractivity contribution >= 4 is 28.6 Å². The maximum absolute atomic E-state index is 12.9. The fourth-order valence-corrected chi connectivity index (χ4v) is 5.30. The molecule has 3 heterocycles. The number of carbonyl (C=O) groups excluding carboxylic acids is 1. The fourth-order valence-electron chi connectivity index (χ4n) is 3.55. The summed E-state index contributed by atoms with van der Waals surface area (Å²) in [5.74, 6) is 0.757. The Hall–Kier alpha value is -1.39. The molecule has 4 rings (SSSR count). The lowest BCUT2D eigenvalue weighted by molar-refractivity contribution is -0.133. The second-order valence-corrected chi connectivity index (χ2v) is 8.00. The SMILES string of the molecule is O=C(CC1C=CCC1)N1CCc2sccc2C1c1cccs1. The largest absolute Gasteiger partial charge is 0.330 e. The summed E-state index contributed by atoms with van der Waals surface area (Å²) in [6, 6.07) is 6.59. The van der Waals surface area contributed by atoms with Gasteiger partial charge in [0.2, 0.25) is 5.91 Å². The van der Waals surface area contributed by atoms with Gasteiger partial charge in [-0.05, 0) is 53.6 Å². The van der Waals surface area contributed by atoms with Crippen LogP contribution in [0.1, 0.15) is 40.6 Å². The van der Waals surface area contributed by atoms with Gasteiger partial charge in [0.05, 0.1) is 6.04 Å². The molecule has 0 bridgehead atoms. The Morgan fingerprint density at radius 3 is 3.00 bits per heavy atom. The van der Waals surface area contributed by atoms with Gasteiger partial charge in [0.25, 0.3) is 0 Å². The summed E-state index contributed by atoms with van der Waals surface area (Å²) in [5.41, 5.74) is 1.34. The molecular weight excluding hydrogens is 310 g/mol. The molecule has 1 amide bonds. The van der Waals surface area contributed by atoms with Gasteiger partial charge in [-0.15, -0.1) is 22.7 Å². The van der Waals surface area contributed by atoms with Gasteiger partial charge in [0.15, 0.2) is 0 Å². The van der Waals surface area contributed by atoms with Crippen molar-refractivity contribution in [2.24, 2.45) is 5.92 Å². The summed E-state index contributed by atoms with van der Waals surface area (Å²) >= 11 is 3.59. The van der Waals surface area contributed by atoms with Gasteiger partial charge in [-0.25, -0.2) is 0 Å². The van der Waals surface area contributed by atoms with Crippen molar-refractivity contribution in [2.45, 2.75) is 31.7 Å². The molecule has 0 spiro atoms. The number of hydrogen-bond acceptors (Lipinski definition) is 3. The highest BCUT2D eigenvalue weighted by molar-refractivity contribution is 7.10. The molecule has 0 saturated carbocycles. The van der Waals surface area contributed by atoms with Crippen molar-refractivity contribution in [3.63, 3.8) is 0 Å². The smallest absolute Gasteiger partial charge is 0.223 e. The van der Waals surface area contributed by atoms with E-state index >= 15 is 0 Å². The lowest BCUT2D eigenvalue weighted by Gasteiger charge is -2.36. The van der Waals surface area contributed by atoms with Gasteiger partial charge in [-0.1, -0.05) is 18.2 Å². The van der Waals surface area contributed by atoms with Crippen molar-refractivity contribution in [3.05, 3.63) is 56.4 Å². The maximum atomic E-state index is 12.9. The predicted octanol–water partition coefficient (Wildman–Crippen LogP) is 4.64. The Bertz CT molecular complexity index is 686. The van der Waals surface area contributed by atoms with Crippen molar-refractivity contribution in [1.82, 2.24) is 4.90 Å². The number of hydrogen-bond donors (Lipinski definition) is 0. The molecule has 2 aromatic rings. The second-order valence-electron chi connectivity index (χ2n) is 6.02. The standard InChI is InChI=1S/C18H19NOS2/c20-17(12-13-4-1-2-5-13)19-9-7-15-14(8-11-22-15)18(19)16-6-3-10-21-16/h1,3-4,6,8,10-11,13,18H,2,5,7,9,12H2. The lowest BCUT2D eigenvalue weighted by Crippen LogP contribution is -2.40. The Labute approximate surface area is 139 Å². The monoisotopic (exact) mass is 329 g/mol. The van der Waals surface area contributed by atoms with E-state index in [0.29, 0.717) is 18.2 Å². The second kappa shape index (κ2) is 6.01. The Kier molecular flexibility index (Phi) is 3.89. The molecule has 1 aliphatic heterocycles. The molecule has 0 fully saturated rings. The molecule has 0 N–H and O–H groups in total. The minimum absolute atomic E-state index is 0.132. The van der Waals surface area contributed by atoms with Crippen LogP contribution in [0.4, 0.5) is 0 Å². The van der Waals surface area contributed by atoms with Crippen LogP contribution in [0, 0.1) is 5.92 Å². The number of fused-ring (bicyclic) bond motifs is 1. The number of carbonyl (C=O) groups is 1. The van der Waals surface area contributed by atoms with Gasteiger partial charge in [0.1, 0.15) is 0 Å². The van der Waals surface area contributed by atoms with E-state index in [4.69, 9.17) is 0 Å². The van der Waals surface area contributed by atoms with Gasteiger partial charge in [0, 0.05) is 22.7 Å². The zero-order valence-electron chi connectivity index (χ0n) is 12.4. The maximum Gasteiger partial charge on any atom is 0.223 e. The van der Waals surface area contributed by atoms with E-state index in [1.807, 2.05) is 11.3 Å². The predicted molar refractivity (Wildman–Crippen MR) is 92.4 cm³/mol. The van der Waals surface area contributed by atoms with Crippen LogP contribution < -0.4 is 0 Å². The summed E-state index contributed by atoms with van der Waals surface area (Å²) in [6.45, 7) is 0.853. The highest BCUT2D eigenvalue weighted by Gasteiger charge is 2.33. The molecular formula is C18H19NOS2. The number of thiophene rings is 2. The van der Waals surface area contributed by atoms with E-state index in [0.717, 1.165) is 25.8 Å². The Morgan fingerprint density at radius 1 is 1.27 bits per heavy atom. The zero-order valence-corrected chi connectivity index (χ0v) is 14.0. The quantitative estimate of drug-likeness (QED) is 0.751. The summed E-state index contributed by atoms with van der Waals surface area (Å²) in [6.07, 6.45) is 8.35. The first-order valence-electron chi connectivity index (χ1n) is 7.89. The first-order chi connectivity index (χ1) is 10.8. The Balaban J connectivity index is 1.63. The number of rotatable bonds is 3. The molecule has 114 valence electrons. The molecule has 2 aromatic heterocycles. The van der Waals surface area contributed by atoms with E-state index in [9.17, 15) is 4.79 Å². The molecule has 0 radical (unpaired) electrons. The summed E-state index contributed by atoms with van der Waals surface area (Å²) in [4.78, 5) is 17.7. The summed E-state index contributed by atoms with van der Waals surface area (Å²) in [7, 11) is 0. The van der Waals surface area contributed by atoms with Crippen molar-refractivity contribution in [2.75, 3.05) is 6.54 Å². The van der Waals surface area contributed by atoms with Crippen LogP contribution in [-0.2, 0) is 11.2 Å². The molecule has 0 saturated heterocycles. The van der Waals surface area contributed by atoms with Crippen LogP contribution in [0.3, 0.4) is 0 Å². The first-order valence-corrected chi connectivity index (χ1v) is 9.64. The number of allylic oxidation sites excluding steroid dienone is 2. The van der Waals surface area contributed by atoms with Crippen LogP contribution in [0.2, 0.25) is 0 Å². The fraction of sp³-hybridized carbons (Fsp3) is 0.389. The molecule has 2 atom stereocenters. The third kappa shape index (κ3) is 2.55. The Morgan fingerprint density at radius 2 is 2.23 bits per heavy atom. The van der Waals surface area contributed by atoms with Crippen LogP contribution in [0.15, 0.2) is 41.1 Å². The molecule has 0 aromatic carbocycles. The topological polar surface area (TPSA) is 20.3 Å². The van der Waals surface area contributed by atoms with Crippen LogP contribution in [0.5, 0.6) is 0 Å². The van der Waals surface area contributed by atoms with Gasteiger partial charge in [-0.3, -0.25) is 4.79 Å². The molecule has 2 nitrogen and oxygen atoms in total. The van der Waals surface area contributed by atoms with E-state index in [1.165, 1.54) is 15.3 Å². The van der Waals surface area contributed by atoms with Gasteiger partial charge < -0.3 is 4.90 Å². The third-order valence-electron chi connectivity index (χ3n) is 4.65. The van der Waals surface area contributed by atoms with E-state index < -0.39 is 0 Å². The third-order valence-corrected chi connectivity index (χ3v) is 6.57. The molecule has 2 unspecified atom stereocenters. The highest BCUT2D eigenvalue weighted by Crippen LogP contribution is 2.40. The molecule has 4 heteroatoms. The van der Waals surface area contributed by atoms with Crippen LogP contribution in [-0.4, -0.2) is 17.4 Å². The number of nitrogens with zero attached hydrogens (tertiary/aromatic N) is 1. The average Bonchev–Trinajstić information content (AvgIpc) is 3.27. The van der Waals surface area contributed by atoms with E-state index in [-0.39, 0.29) is 6.04 Å². The molecule has 2 aliphatic rings. The van der Waals surface area contributed by atoms with Crippen LogP contribution >= 0.6 is 22.7 Å².